The first-order valence-corrected chi connectivity index (χ1v) is 9.53. The summed E-state index contributed by atoms with van der Waals surface area (Å²) in [4.78, 5) is 38.1. The molecule has 6 nitrogen and oxygen atoms in total. The highest BCUT2D eigenvalue weighted by molar-refractivity contribution is 5.96. The molecule has 2 fully saturated rings. The zero-order valence-electron chi connectivity index (χ0n) is 15.3. The molecule has 1 N–H and O–H groups in total. The van der Waals surface area contributed by atoms with Gasteiger partial charge in [0.2, 0.25) is 0 Å². The van der Waals surface area contributed by atoms with Crippen molar-refractivity contribution in [3.05, 3.63) is 35.6 Å². The van der Waals surface area contributed by atoms with E-state index < -0.39 is 17.7 Å². The number of fused-ring (bicyclic) bond motifs is 1. The number of carbonyl (C=O) groups excluding carboxylic acids is 3. The fourth-order valence-electron chi connectivity index (χ4n) is 4.09. The van der Waals surface area contributed by atoms with Crippen molar-refractivity contribution in [3.8, 4) is 0 Å². The van der Waals surface area contributed by atoms with Gasteiger partial charge in [-0.15, -0.1) is 0 Å². The van der Waals surface area contributed by atoms with Crippen molar-refractivity contribution in [1.29, 1.82) is 0 Å². The van der Waals surface area contributed by atoms with Crippen molar-refractivity contribution in [2.45, 2.75) is 44.6 Å². The fourth-order valence-corrected chi connectivity index (χ4v) is 4.09. The molecule has 1 aromatic rings. The summed E-state index contributed by atoms with van der Waals surface area (Å²) in [5.41, 5.74) is 0.121. The molecule has 7 heteroatoms. The standard InChI is InChI=1S/C20H25FN2O4/c21-16-8-3-6-15(11-16)20(26)22-12-19(25)27-13-18(24)23-10-4-7-14-5-1-2-9-17(14)23/h3,6,8,11,14,17H,1-2,4-5,7,9-10,12-13H2,(H,22,26)/t14-,17+/m1/s1. The number of hydrogen-bond donors (Lipinski definition) is 1. The van der Waals surface area contributed by atoms with Crippen LogP contribution in [0.15, 0.2) is 24.3 Å². The van der Waals surface area contributed by atoms with Crippen molar-refractivity contribution >= 4 is 17.8 Å². The molecule has 1 aromatic carbocycles. The number of ether oxygens (including phenoxy) is 1. The van der Waals surface area contributed by atoms with Gasteiger partial charge < -0.3 is 15.0 Å². The first kappa shape index (κ1) is 19.3. The summed E-state index contributed by atoms with van der Waals surface area (Å²) in [7, 11) is 0. The maximum atomic E-state index is 13.1. The lowest BCUT2D eigenvalue weighted by molar-refractivity contribution is -0.154. The number of benzene rings is 1. The van der Waals surface area contributed by atoms with Crippen molar-refractivity contribution < 1.29 is 23.5 Å². The van der Waals surface area contributed by atoms with E-state index in [0.717, 1.165) is 25.3 Å². The Bertz CT molecular complexity index is 707. The van der Waals surface area contributed by atoms with Gasteiger partial charge in [0.15, 0.2) is 6.61 Å². The maximum Gasteiger partial charge on any atom is 0.325 e. The zero-order chi connectivity index (χ0) is 19.2. The van der Waals surface area contributed by atoms with Gasteiger partial charge in [0, 0.05) is 18.2 Å². The number of likely N-dealkylation sites (tertiary alicyclic amines) is 1. The number of rotatable bonds is 5. The molecule has 0 spiro atoms. The number of halogens is 1. The number of nitrogens with zero attached hydrogens (tertiary/aromatic N) is 1. The van der Waals surface area contributed by atoms with Gasteiger partial charge in [-0.2, -0.15) is 0 Å². The number of piperidine rings is 1. The van der Waals surface area contributed by atoms with E-state index in [1.807, 2.05) is 4.90 Å². The van der Waals surface area contributed by atoms with Crippen LogP contribution in [0.1, 0.15) is 48.9 Å². The van der Waals surface area contributed by atoms with Crippen LogP contribution in [0.5, 0.6) is 0 Å². The second-order valence-corrected chi connectivity index (χ2v) is 7.19. The average molecular weight is 376 g/mol. The lowest BCUT2D eigenvalue weighted by Gasteiger charge is -2.44. The highest BCUT2D eigenvalue weighted by atomic mass is 19.1. The molecule has 0 aromatic heterocycles. The monoisotopic (exact) mass is 376 g/mol. The Balaban J connectivity index is 1.43. The predicted molar refractivity (Wildman–Crippen MR) is 96.4 cm³/mol. The van der Waals surface area contributed by atoms with E-state index in [0.29, 0.717) is 12.5 Å². The van der Waals surface area contributed by atoms with E-state index in [4.69, 9.17) is 4.74 Å². The van der Waals surface area contributed by atoms with Crippen LogP contribution in [-0.2, 0) is 14.3 Å². The average Bonchev–Trinajstić information content (AvgIpc) is 2.69. The summed E-state index contributed by atoms with van der Waals surface area (Å²) in [6.07, 6.45) is 6.71. The number of carbonyl (C=O) groups is 3. The van der Waals surface area contributed by atoms with E-state index in [1.165, 1.54) is 37.5 Å². The molecule has 2 aliphatic rings. The normalized spacial score (nSPS) is 21.9. The number of esters is 1. The van der Waals surface area contributed by atoms with Crippen molar-refractivity contribution in [1.82, 2.24) is 10.2 Å². The Hall–Kier alpha value is -2.44. The molecule has 1 heterocycles. The lowest BCUT2D eigenvalue weighted by atomic mass is 9.78. The minimum absolute atomic E-state index is 0.121. The number of hydrogen-bond acceptors (Lipinski definition) is 4. The Labute approximate surface area is 158 Å². The van der Waals surface area contributed by atoms with E-state index in [2.05, 4.69) is 5.32 Å². The van der Waals surface area contributed by atoms with Crippen molar-refractivity contribution in [2.75, 3.05) is 19.7 Å². The van der Waals surface area contributed by atoms with Crippen LogP contribution in [0.2, 0.25) is 0 Å². The van der Waals surface area contributed by atoms with Crippen LogP contribution in [0.3, 0.4) is 0 Å². The minimum Gasteiger partial charge on any atom is -0.454 e. The maximum absolute atomic E-state index is 13.1. The Morgan fingerprint density at radius 1 is 1.15 bits per heavy atom. The second-order valence-electron chi connectivity index (χ2n) is 7.19. The van der Waals surface area contributed by atoms with Gasteiger partial charge in [-0.05, 0) is 49.8 Å². The van der Waals surface area contributed by atoms with E-state index in [9.17, 15) is 18.8 Å². The molecular formula is C20H25FN2O4. The SMILES string of the molecule is O=C(CNC(=O)c1cccc(F)c1)OCC(=O)N1CCC[C@H]2CCCC[C@@H]21. The summed E-state index contributed by atoms with van der Waals surface area (Å²) in [6, 6.07) is 5.45. The Morgan fingerprint density at radius 2 is 1.93 bits per heavy atom. The summed E-state index contributed by atoms with van der Waals surface area (Å²) in [6.45, 7) is 0.0421. The summed E-state index contributed by atoms with van der Waals surface area (Å²) < 4.78 is 18.1. The molecule has 2 amide bonds. The molecule has 0 radical (unpaired) electrons. The second kappa shape index (κ2) is 8.97. The quantitative estimate of drug-likeness (QED) is 0.800. The van der Waals surface area contributed by atoms with Gasteiger partial charge in [-0.3, -0.25) is 14.4 Å². The highest BCUT2D eigenvalue weighted by Crippen LogP contribution is 2.35. The predicted octanol–water partition coefficient (Wildman–Crippen LogP) is 2.28. The first-order chi connectivity index (χ1) is 13.0. The minimum atomic E-state index is -0.690. The van der Waals surface area contributed by atoms with Crippen LogP contribution in [-0.4, -0.2) is 48.4 Å². The largest absolute Gasteiger partial charge is 0.454 e. The highest BCUT2D eigenvalue weighted by Gasteiger charge is 2.35. The molecule has 0 unspecified atom stereocenters. The molecule has 1 aliphatic carbocycles. The molecule has 1 saturated heterocycles. The molecule has 3 rings (SSSR count). The van der Waals surface area contributed by atoms with Crippen LogP contribution in [0.25, 0.3) is 0 Å². The van der Waals surface area contributed by atoms with Crippen molar-refractivity contribution in [2.24, 2.45) is 5.92 Å². The molecule has 2 atom stereocenters. The molecule has 1 aliphatic heterocycles. The van der Waals surface area contributed by atoms with Gasteiger partial charge in [-0.25, -0.2) is 4.39 Å². The van der Waals surface area contributed by atoms with Crippen LogP contribution < -0.4 is 5.32 Å². The Morgan fingerprint density at radius 3 is 2.74 bits per heavy atom. The smallest absolute Gasteiger partial charge is 0.325 e. The zero-order valence-corrected chi connectivity index (χ0v) is 15.3. The van der Waals surface area contributed by atoms with Crippen LogP contribution in [0.4, 0.5) is 4.39 Å². The molecule has 27 heavy (non-hydrogen) atoms. The Kier molecular flexibility index (Phi) is 6.42. The first-order valence-electron chi connectivity index (χ1n) is 9.53. The summed E-state index contributed by atoms with van der Waals surface area (Å²) in [5.74, 6) is -1.39. The van der Waals surface area contributed by atoms with E-state index in [-0.39, 0.29) is 30.7 Å². The van der Waals surface area contributed by atoms with Gasteiger partial charge in [0.1, 0.15) is 12.4 Å². The van der Waals surface area contributed by atoms with Gasteiger partial charge in [-0.1, -0.05) is 18.9 Å². The fraction of sp³-hybridized carbons (Fsp3) is 0.550. The van der Waals surface area contributed by atoms with Gasteiger partial charge in [0.05, 0.1) is 0 Å². The van der Waals surface area contributed by atoms with Crippen LogP contribution >= 0.6 is 0 Å². The molecule has 0 bridgehead atoms. The molecule has 146 valence electrons. The third kappa shape index (κ3) is 5.05. The number of nitrogens with one attached hydrogen (secondary N) is 1. The number of amides is 2. The van der Waals surface area contributed by atoms with E-state index in [1.54, 1.807) is 0 Å². The lowest BCUT2D eigenvalue weighted by Crippen LogP contribution is -2.51. The summed E-state index contributed by atoms with van der Waals surface area (Å²) >= 11 is 0. The van der Waals surface area contributed by atoms with Crippen LogP contribution in [0, 0.1) is 11.7 Å². The van der Waals surface area contributed by atoms with Crippen molar-refractivity contribution in [3.63, 3.8) is 0 Å². The third-order valence-electron chi connectivity index (χ3n) is 5.40. The topological polar surface area (TPSA) is 75.7 Å². The molecular weight excluding hydrogens is 351 g/mol. The third-order valence-corrected chi connectivity index (χ3v) is 5.40. The van der Waals surface area contributed by atoms with Gasteiger partial charge in [0.25, 0.3) is 11.8 Å². The van der Waals surface area contributed by atoms with E-state index >= 15 is 0 Å². The van der Waals surface area contributed by atoms with Gasteiger partial charge >= 0.3 is 5.97 Å². The molecule has 1 saturated carbocycles. The summed E-state index contributed by atoms with van der Waals surface area (Å²) in [5, 5.41) is 2.37.